The van der Waals surface area contributed by atoms with Crippen LogP contribution in [0.2, 0.25) is 0 Å². The molecule has 0 aliphatic carbocycles. The van der Waals surface area contributed by atoms with E-state index in [1.165, 1.54) is 0 Å². The first kappa shape index (κ1) is 12.4. The summed E-state index contributed by atoms with van der Waals surface area (Å²) in [6, 6.07) is 9.29. The molecule has 0 unspecified atom stereocenters. The van der Waals surface area contributed by atoms with Crippen LogP contribution in [0.4, 0.5) is 11.4 Å². The van der Waals surface area contributed by atoms with Crippen molar-refractivity contribution in [2.75, 3.05) is 17.2 Å². The SMILES string of the molecule is Nc1ccccc1N(CC(=O)O)Cc1ccsc1. The zero-order valence-corrected chi connectivity index (χ0v) is 10.6. The molecule has 0 atom stereocenters. The van der Waals surface area contributed by atoms with Gasteiger partial charge in [-0.05, 0) is 34.5 Å². The van der Waals surface area contributed by atoms with E-state index >= 15 is 0 Å². The zero-order chi connectivity index (χ0) is 13.0. The predicted octanol–water partition coefficient (Wildman–Crippen LogP) is 2.42. The van der Waals surface area contributed by atoms with Crippen molar-refractivity contribution in [2.45, 2.75) is 6.54 Å². The molecule has 2 aromatic rings. The highest BCUT2D eigenvalue weighted by molar-refractivity contribution is 7.07. The minimum absolute atomic E-state index is 0.0654. The minimum atomic E-state index is -0.867. The Kier molecular flexibility index (Phi) is 3.84. The molecule has 5 heteroatoms. The maximum Gasteiger partial charge on any atom is 0.323 e. The quantitative estimate of drug-likeness (QED) is 0.812. The molecule has 1 aromatic carbocycles. The fourth-order valence-corrected chi connectivity index (χ4v) is 2.43. The summed E-state index contributed by atoms with van der Waals surface area (Å²) < 4.78 is 0. The van der Waals surface area contributed by atoms with Gasteiger partial charge >= 0.3 is 5.97 Å². The van der Waals surface area contributed by atoms with Crippen molar-refractivity contribution < 1.29 is 9.90 Å². The lowest BCUT2D eigenvalue weighted by atomic mass is 10.2. The number of nitrogens with zero attached hydrogens (tertiary/aromatic N) is 1. The molecule has 0 saturated carbocycles. The number of anilines is 2. The van der Waals surface area contributed by atoms with Crippen LogP contribution in [0.5, 0.6) is 0 Å². The van der Waals surface area contributed by atoms with Crippen LogP contribution >= 0.6 is 11.3 Å². The van der Waals surface area contributed by atoms with E-state index in [0.29, 0.717) is 12.2 Å². The van der Waals surface area contributed by atoms with E-state index in [9.17, 15) is 4.79 Å². The molecule has 3 N–H and O–H groups in total. The van der Waals surface area contributed by atoms with Crippen molar-refractivity contribution in [3.63, 3.8) is 0 Å². The van der Waals surface area contributed by atoms with E-state index in [1.54, 1.807) is 22.3 Å². The minimum Gasteiger partial charge on any atom is -0.480 e. The lowest BCUT2D eigenvalue weighted by molar-refractivity contribution is -0.135. The number of benzene rings is 1. The van der Waals surface area contributed by atoms with E-state index in [2.05, 4.69) is 0 Å². The van der Waals surface area contributed by atoms with Crippen molar-refractivity contribution in [1.29, 1.82) is 0 Å². The van der Waals surface area contributed by atoms with Crippen LogP contribution in [-0.4, -0.2) is 17.6 Å². The molecule has 18 heavy (non-hydrogen) atoms. The number of thiophene rings is 1. The molecule has 0 amide bonds. The van der Waals surface area contributed by atoms with Gasteiger partial charge in [0.1, 0.15) is 6.54 Å². The maximum atomic E-state index is 10.9. The standard InChI is InChI=1S/C13H14N2O2S/c14-11-3-1-2-4-12(11)15(8-13(16)17)7-10-5-6-18-9-10/h1-6,9H,7-8,14H2,(H,16,17). The van der Waals surface area contributed by atoms with Gasteiger partial charge in [-0.2, -0.15) is 11.3 Å². The summed E-state index contributed by atoms with van der Waals surface area (Å²) in [5.41, 5.74) is 8.33. The van der Waals surface area contributed by atoms with Crippen LogP contribution in [-0.2, 0) is 11.3 Å². The Morgan fingerprint density at radius 3 is 2.72 bits per heavy atom. The van der Waals surface area contributed by atoms with Crippen LogP contribution in [0.3, 0.4) is 0 Å². The van der Waals surface area contributed by atoms with Gasteiger partial charge in [0.2, 0.25) is 0 Å². The van der Waals surface area contributed by atoms with E-state index in [4.69, 9.17) is 10.8 Å². The normalized spacial score (nSPS) is 10.2. The summed E-state index contributed by atoms with van der Waals surface area (Å²) >= 11 is 1.59. The highest BCUT2D eigenvalue weighted by Gasteiger charge is 2.13. The predicted molar refractivity (Wildman–Crippen MR) is 73.9 cm³/mol. The second-order valence-corrected chi connectivity index (χ2v) is 4.72. The molecule has 0 saturated heterocycles. The smallest absolute Gasteiger partial charge is 0.323 e. The van der Waals surface area contributed by atoms with E-state index in [1.807, 2.05) is 35.0 Å². The summed E-state index contributed by atoms with van der Waals surface area (Å²) in [5, 5.41) is 13.0. The molecule has 1 aromatic heterocycles. The van der Waals surface area contributed by atoms with Gasteiger partial charge in [0.15, 0.2) is 0 Å². The van der Waals surface area contributed by atoms with Crippen molar-refractivity contribution >= 4 is 28.7 Å². The van der Waals surface area contributed by atoms with Gasteiger partial charge in [-0.1, -0.05) is 12.1 Å². The maximum absolute atomic E-state index is 10.9. The Hall–Kier alpha value is -2.01. The number of aliphatic carboxylic acids is 1. The highest BCUT2D eigenvalue weighted by Crippen LogP contribution is 2.24. The average Bonchev–Trinajstić information content (AvgIpc) is 2.81. The molecule has 0 radical (unpaired) electrons. The third-order valence-corrected chi connectivity index (χ3v) is 3.29. The third kappa shape index (κ3) is 3.01. The topological polar surface area (TPSA) is 66.6 Å². The number of nitrogen functional groups attached to an aromatic ring is 1. The molecule has 0 fully saturated rings. The fourth-order valence-electron chi connectivity index (χ4n) is 1.77. The number of hydrogen-bond acceptors (Lipinski definition) is 4. The van der Waals surface area contributed by atoms with Crippen LogP contribution < -0.4 is 10.6 Å². The Morgan fingerprint density at radius 2 is 2.11 bits per heavy atom. The zero-order valence-electron chi connectivity index (χ0n) is 9.74. The first-order valence-corrected chi connectivity index (χ1v) is 6.43. The molecule has 0 spiro atoms. The third-order valence-electron chi connectivity index (χ3n) is 2.56. The molecule has 0 aliphatic rings. The average molecular weight is 262 g/mol. The highest BCUT2D eigenvalue weighted by atomic mass is 32.1. The number of carboxylic acid groups (broad SMARTS) is 1. The first-order chi connectivity index (χ1) is 8.66. The number of para-hydroxylation sites is 2. The van der Waals surface area contributed by atoms with Gasteiger partial charge in [-0.15, -0.1) is 0 Å². The molecular formula is C13H14N2O2S. The Bertz CT molecular complexity index is 526. The van der Waals surface area contributed by atoms with Crippen LogP contribution in [0, 0.1) is 0 Å². The number of hydrogen-bond donors (Lipinski definition) is 2. The Balaban J connectivity index is 2.25. The Labute approximate surface area is 109 Å². The number of carbonyl (C=O) groups is 1. The number of carboxylic acids is 1. The van der Waals surface area contributed by atoms with Crippen molar-refractivity contribution in [2.24, 2.45) is 0 Å². The van der Waals surface area contributed by atoms with Crippen LogP contribution in [0.1, 0.15) is 5.56 Å². The van der Waals surface area contributed by atoms with Gasteiger partial charge in [0, 0.05) is 6.54 Å². The van der Waals surface area contributed by atoms with Crippen LogP contribution in [0.25, 0.3) is 0 Å². The molecule has 94 valence electrons. The molecule has 0 bridgehead atoms. The summed E-state index contributed by atoms with van der Waals surface area (Å²) in [6.45, 7) is 0.480. The lowest BCUT2D eigenvalue weighted by Gasteiger charge is -2.23. The first-order valence-electron chi connectivity index (χ1n) is 5.49. The summed E-state index contributed by atoms with van der Waals surface area (Å²) in [5.74, 6) is -0.867. The molecular weight excluding hydrogens is 248 g/mol. The summed E-state index contributed by atoms with van der Waals surface area (Å²) in [7, 11) is 0. The van der Waals surface area contributed by atoms with Crippen molar-refractivity contribution in [1.82, 2.24) is 0 Å². The summed E-state index contributed by atoms with van der Waals surface area (Å²) in [6.07, 6.45) is 0. The second-order valence-electron chi connectivity index (χ2n) is 3.94. The number of rotatable bonds is 5. The Morgan fingerprint density at radius 1 is 1.33 bits per heavy atom. The monoisotopic (exact) mass is 262 g/mol. The van der Waals surface area contributed by atoms with E-state index in [0.717, 1.165) is 11.3 Å². The number of nitrogens with two attached hydrogens (primary N) is 1. The summed E-state index contributed by atoms with van der Waals surface area (Å²) in [4.78, 5) is 12.7. The second kappa shape index (κ2) is 5.55. The van der Waals surface area contributed by atoms with Gasteiger partial charge < -0.3 is 15.7 Å². The lowest BCUT2D eigenvalue weighted by Crippen LogP contribution is -2.29. The fraction of sp³-hybridized carbons (Fsp3) is 0.154. The molecule has 4 nitrogen and oxygen atoms in total. The largest absolute Gasteiger partial charge is 0.480 e. The van der Waals surface area contributed by atoms with Crippen molar-refractivity contribution in [3.05, 3.63) is 46.7 Å². The van der Waals surface area contributed by atoms with Gasteiger partial charge in [-0.3, -0.25) is 4.79 Å². The van der Waals surface area contributed by atoms with Gasteiger partial charge in [0.05, 0.1) is 11.4 Å². The molecule has 1 heterocycles. The van der Waals surface area contributed by atoms with Gasteiger partial charge in [-0.25, -0.2) is 0 Å². The van der Waals surface area contributed by atoms with E-state index in [-0.39, 0.29) is 6.54 Å². The van der Waals surface area contributed by atoms with Gasteiger partial charge in [0.25, 0.3) is 0 Å². The van der Waals surface area contributed by atoms with Crippen molar-refractivity contribution in [3.8, 4) is 0 Å². The molecule has 2 rings (SSSR count). The van der Waals surface area contributed by atoms with E-state index < -0.39 is 5.97 Å². The van der Waals surface area contributed by atoms with Crippen LogP contribution in [0.15, 0.2) is 41.1 Å². The molecule has 0 aliphatic heterocycles.